The normalized spacial score (nSPS) is 14.4. The number of hydrogen-bond donors (Lipinski definition) is 0. The van der Waals surface area contributed by atoms with E-state index < -0.39 is 206 Å². The topological polar surface area (TPSA) is 13.0 Å². The smallest absolute Gasteiger partial charge is 0.305 e. The summed E-state index contributed by atoms with van der Waals surface area (Å²) in [4.78, 5) is 2.82. The lowest BCUT2D eigenvalue weighted by Gasteiger charge is -2.44. The van der Waals surface area contributed by atoms with Crippen molar-refractivity contribution in [1.29, 1.82) is 0 Å². The molecule has 4 nitrogen and oxygen atoms in total. The molecule has 0 aliphatic carbocycles. The molecule has 536 valence electrons. The van der Waals surface area contributed by atoms with E-state index in [-0.39, 0.29) is 22.7 Å². The summed E-state index contributed by atoms with van der Waals surface area (Å²) in [5, 5.41) is 0. The summed E-state index contributed by atoms with van der Waals surface area (Å²) in [5.41, 5.74) is -21.4. The molecule has 4 aliphatic heterocycles. The maximum atomic E-state index is 16.3. The molecule has 0 spiro atoms. The highest BCUT2D eigenvalue weighted by atomic mass is 19.4. The van der Waals surface area contributed by atoms with Gasteiger partial charge in [-0.05, 0) is 107 Å². The van der Waals surface area contributed by atoms with E-state index in [2.05, 4.69) is 0 Å². The van der Waals surface area contributed by atoms with Gasteiger partial charge < -0.3 is 19.6 Å². The second-order valence-corrected chi connectivity index (χ2v) is 25.4. The van der Waals surface area contributed by atoms with Crippen LogP contribution in [0.15, 0.2) is 194 Å². The molecule has 0 bridgehead atoms. The molecule has 0 atom stereocenters. The molecule has 0 unspecified atom stereocenters. The number of para-hydroxylation sites is 8. The Kier molecular flexibility index (Phi) is 16.5. The third-order valence-electron chi connectivity index (χ3n) is 19.9. The molecule has 106 heavy (non-hydrogen) atoms. The number of anilines is 12. The van der Waals surface area contributed by atoms with E-state index in [0.29, 0.717) is 44.9 Å². The molecule has 0 fully saturated rings. The summed E-state index contributed by atoms with van der Waals surface area (Å²) in [6.45, 7) is 1.57. The zero-order valence-corrected chi connectivity index (χ0v) is 54.0. The number of benzene rings is 12. The van der Waals surface area contributed by atoms with E-state index in [1.165, 1.54) is 72.8 Å². The predicted molar refractivity (Wildman–Crippen MR) is 352 cm³/mol. The zero-order chi connectivity index (χ0) is 75.4. The Morgan fingerprint density at radius 3 is 0.547 bits per heavy atom. The first kappa shape index (κ1) is 70.0. The van der Waals surface area contributed by atoms with Gasteiger partial charge in [0.1, 0.15) is 33.6 Å². The first-order valence-electron chi connectivity index (χ1n) is 31.9. The van der Waals surface area contributed by atoms with Crippen LogP contribution in [0.1, 0.15) is 58.4 Å². The monoisotopic (exact) mass is 1480 g/mol. The molecule has 16 rings (SSSR count). The average Bonchev–Trinajstić information content (AvgIpc) is 0.705. The van der Waals surface area contributed by atoms with Gasteiger partial charge in [0.05, 0.1) is 45.0 Å². The SMILES string of the molecule is CC1(C(F)(F)F)c2ccccc2N(c2c(F)c(F)c(-c3c(F)c(F)c(N4c5ccccc5C(C)(C(F)(F)F)c5ccccc54)c(F)c3F)c(F)c2F)c2ccccc21.Fc1c(F)c(N2c3ccccc3Cc3ccccc32)c(F)c(F)c1-c1c(F)c(F)c(N2c3ccccc3Cc3ccccc32)c(F)c1F. The van der Waals surface area contributed by atoms with Crippen molar-refractivity contribution in [2.75, 3.05) is 19.6 Å². The lowest BCUT2D eigenvalue weighted by atomic mass is 9.71. The highest BCUT2D eigenvalue weighted by Crippen LogP contribution is 2.62. The first-order valence-corrected chi connectivity index (χ1v) is 31.9. The van der Waals surface area contributed by atoms with Crippen molar-refractivity contribution in [3.63, 3.8) is 0 Å². The molecule has 12 aromatic rings. The molecule has 26 heteroatoms. The maximum absolute atomic E-state index is 16.3. The molecule has 0 amide bonds. The van der Waals surface area contributed by atoms with Crippen molar-refractivity contribution in [3.8, 4) is 22.3 Å². The van der Waals surface area contributed by atoms with Crippen molar-refractivity contribution in [1.82, 2.24) is 0 Å². The van der Waals surface area contributed by atoms with Gasteiger partial charge in [0.25, 0.3) is 0 Å². The lowest BCUT2D eigenvalue weighted by molar-refractivity contribution is -0.173. The number of rotatable bonds is 6. The predicted octanol–water partition coefficient (Wildman–Crippen LogP) is 25.0. The minimum absolute atomic E-state index is 0.210. The molecule has 0 aromatic heterocycles. The minimum atomic E-state index is -5.03. The summed E-state index contributed by atoms with van der Waals surface area (Å²) in [7, 11) is 0. The highest BCUT2D eigenvalue weighted by Gasteiger charge is 2.60. The second-order valence-electron chi connectivity index (χ2n) is 25.4. The van der Waals surface area contributed by atoms with Gasteiger partial charge in [-0.15, -0.1) is 0 Å². The Bertz CT molecular complexity index is 5060. The van der Waals surface area contributed by atoms with Crippen LogP contribution in [-0.4, -0.2) is 12.4 Å². The molecule has 12 aromatic carbocycles. The van der Waals surface area contributed by atoms with Crippen molar-refractivity contribution >= 4 is 68.2 Å². The van der Waals surface area contributed by atoms with Gasteiger partial charge in [0.2, 0.25) is 0 Å². The number of hydrogen-bond acceptors (Lipinski definition) is 4. The van der Waals surface area contributed by atoms with Gasteiger partial charge in [-0.25, -0.2) is 70.2 Å². The molecule has 0 radical (unpaired) electrons. The largest absolute Gasteiger partial charge is 0.402 e. The van der Waals surface area contributed by atoms with Crippen molar-refractivity contribution in [2.24, 2.45) is 0 Å². The average molecular weight is 1480 g/mol. The van der Waals surface area contributed by atoms with Gasteiger partial charge >= 0.3 is 12.4 Å². The Morgan fingerprint density at radius 2 is 0.368 bits per heavy atom. The number of fused-ring (bicyclic) bond motifs is 8. The van der Waals surface area contributed by atoms with Crippen LogP contribution in [-0.2, 0) is 23.7 Å². The quantitative estimate of drug-likeness (QED) is 0.121. The Hall–Kier alpha value is -11.7. The van der Waals surface area contributed by atoms with Crippen LogP contribution >= 0.6 is 0 Å². The van der Waals surface area contributed by atoms with E-state index in [9.17, 15) is 26.3 Å². The summed E-state index contributed by atoms with van der Waals surface area (Å²) in [5.74, 6) is -37.0. The number of halogens is 22. The van der Waals surface area contributed by atoms with Crippen LogP contribution in [0.2, 0.25) is 0 Å². The van der Waals surface area contributed by atoms with Crippen molar-refractivity contribution < 1.29 is 96.6 Å². The summed E-state index contributed by atoms with van der Waals surface area (Å²) in [6, 6.07) is 42.9. The zero-order valence-electron chi connectivity index (χ0n) is 54.0. The molecule has 4 aliphatic rings. The summed E-state index contributed by atoms with van der Waals surface area (Å²) < 4.78 is 347. The summed E-state index contributed by atoms with van der Waals surface area (Å²) in [6.07, 6.45) is -9.37. The molecule has 0 N–H and O–H groups in total. The van der Waals surface area contributed by atoms with Gasteiger partial charge in [-0.1, -0.05) is 146 Å². The third kappa shape index (κ3) is 9.93. The van der Waals surface area contributed by atoms with E-state index in [4.69, 9.17) is 0 Å². The third-order valence-corrected chi connectivity index (χ3v) is 19.9. The first-order chi connectivity index (χ1) is 50.4. The fourth-order valence-electron chi connectivity index (χ4n) is 14.8. The molecule has 4 heterocycles. The molecule has 0 saturated carbocycles. The standard InChI is InChI=1S/C42H22F14N2.C38H20F8N2/c1-39(41(51,52)53)19-11-3-7-15-23(19)57(24-16-8-4-12-20(24)39)37-33(47)29(43)27(30(44)34(37)48)28-31(45)35(49)38(36(50)32(28)46)58-25-17-9-5-13-21(25)40(2,42(54,55)56)22-14-6-10-18-26(22)58;39-29-27(30(40)34(44)37(33(29)43)47-23-13-5-1-9-19(23)17-20-10-2-6-14-24(20)47)28-31(41)35(45)38(36(46)32(28)42)48-25-15-7-3-11-21(25)18-22-12-4-8-16-26(22)48/h3-18H,1-2H3;1-16H,17-18H2. The Morgan fingerprint density at radius 1 is 0.217 bits per heavy atom. The highest BCUT2D eigenvalue weighted by molar-refractivity contribution is 5.92. The number of alkyl halides is 6. The fraction of sp³-hybridized carbons (Fsp3) is 0.100. The van der Waals surface area contributed by atoms with E-state index in [0.717, 1.165) is 72.2 Å². The van der Waals surface area contributed by atoms with E-state index in [1.54, 1.807) is 72.8 Å². The second kappa shape index (κ2) is 25.0. The summed E-state index contributed by atoms with van der Waals surface area (Å²) >= 11 is 0. The van der Waals surface area contributed by atoms with Crippen molar-refractivity contribution in [3.05, 3.63) is 332 Å². The van der Waals surface area contributed by atoms with Crippen LogP contribution < -0.4 is 19.6 Å². The van der Waals surface area contributed by atoms with E-state index in [1.807, 2.05) is 0 Å². The van der Waals surface area contributed by atoms with Gasteiger partial charge in [-0.3, -0.25) is 0 Å². The van der Waals surface area contributed by atoms with Gasteiger partial charge in [0, 0.05) is 35.6 Å². The van der Waals surface area contributed by atoms with Crippen molar-refractivity contribution in [2.45, 2.75) is 49.9 Å². The lowest BCUT2D eigenvalue weighted by Crippen LogP contribution is -2.45. The van der Waals surface area contributed by atoms with Gasteiger partial charge in [-0.2, -0.15) is 26.3 Å². The van der Waals surface area contributed by atoms with Crippen LogP contribution in [0, 0.1) is 93.1 Å². The van der Waals surface area contributed by atoms with Gasteiger partial charge in [0.15, 0.2) is 93.1 Å². The van der Waals surface area contributed by atoms with Crippen LogP contribution in [0.3, 0.4) is 0 Å². The Balaban J connectivity index is 0.000000173. The molecular weight excluding hydrogens is 1430 g/mol. The van der Waals surface area contributed by atoms with Crippen LogP contribution in [0.5, 0.6) is 0 Å². The van der Waals surface area contributed by atoms with Crippen LogP contribution in [0.4, 0.5) is 165 Å². The van der Waals surface area contributed by atoms with Crippen LogP contribution in [0.25, 0.3) is 22.3 Å². The Labute approximate surface area is 586 Å². The molecule has 0 saturated heterocycles. The minimum Gasteiger partial charge on any atom is -0.305 e. The molecular formula is C80H42F22N4. The number of nitrogens with zero attached hydrogens (tertiary/aromatic N) is 4. The van der Waals surface area contributed by atoms with E-state index >= 15 is 70.2 Å². The maximum Gasteiger partial charge on any atom is 0.402 e. The fourth-order valence-corrected chi connectivity index (χ4v) is 14.8.